The Balaban J connectivity index is 1.32. The third kappa shape index (κ3) is 6.09. The summed E-state index contributed by atoms with van der Waals surface area (Å²) in [5.41, 5.74) is 2.36. The van der Waals surface area contributed by atoms with Gasteiger partial charge in [0.15, 0.2) is 0 Å². The molecule has 0 radical (unpaired) electrons. The normalized spacial score (nSPS) is 15.6. The number of anilines is 1. The number of rotatable bonds is 7. The molecule has 2 N–H and O–H groups in total. The standard InChI is InChI=1S/C28H33N3O3S/c1-19(17-28(2,3)26(32)33)25-29-18-24(35-25)22-9-11-23(12-10-22)30-27(34)31-15-13-21(14-16-31)20-7-5-4-6-8-20/h4-12,18-19,21H,13-17H2,1-3H3,(H,30,34)(H,32,33). The fraction of sp³-hybridized carbons (Fsp3) is 0.393. The van der Waals surface area contributed by atoms with Crippen molar-refractivity contribution in [1.29, 1.82) is 0 Å². The number of thiazole rings is 1. The lowest BCUT2D eigenvalue weighted by molar-refractivity contribution is -0.147. The predicted molar refractivity (Wildman–Crippen MR) is 141 cm³/mol. The van der Waals surface area contributed by atoms with Gasteiger partial charge >= 0.3 is 12.0 Å². The van der Waals surface area contributed by atoms with Gasteiger partial charge in [0.2, 0.25) is 0 Å². The van der Waals surface area contributed by atoms with Crippen LogP contribution in [0.15, 0.2) is 60.8 Å². The molecule has 1 unspecified atom stereocenters. The number of carboxylic acids is 1. The number of piperidine rings is 1. The van der Waals surface area contributed by atoms with E-state index in [1.54, 1.807) is 25.2 Å². The number of carbonyl (C=O) groups is 2. The number of amides is 2. The van der Waals surface area contributed by atoms with E-state index in [1.807, 2.05) is 48.4 Å². The monoisotopic (exact) mass is 491 g/mol. The first kappa shape index (κ1) is 24.9. The van der Waals surface area contributed by atoms with E-state index in [9.17, 15) is 14.7 Å². The van der Waals surface area contributed by atoms with Crippen molar-refractivity contribution in [3.63, 3.8) is 0 Å². The SMILES string of the molecule is CC(CC(C)(C)C(=O)O)c1ncc(-c2ccc(NC(=O)N3CCC(c4ccccc4)CC3)cc2)s1. The second kappa shape index (κ2) is 10.6. The molecule has 1 atom stereocenters. The maximum atomic E-state index is 12.8. The zero-order chi connectivity index (χ0) is 25.0. The fourth-order valence-electron chi connectivity index (χ4n) is 4.65. The van der Waals surface area contributed by atoms with Crippen molar-refractivity contribution in [2.24, 2.45) is 5.41 Å². The minimum atomic E-state index is -0.792. The second-order valence-corrected chi connectivity index (χ2v) is 11.1. The van der Waals surface area contributed by atoms with Crippen molar-refractivity contribution in [2.45, 2.75) is 51.9 Å². The Morgan fingerprint density at radius 2 is 1.77 bits per heavy atom. The first-order valence-electron chi connectivity index (χ1n) is 12.1. The molecule has 4 rings (SSSR count). The number of aromatic nitrogens is 1. The van der Waals surface area contributed by atoms with Gasteiger partial charge in [-0.2, -0.15) is 0 Å². The number of nitrogens with one attached hydrogen (secondary N) is 1. The van der Waals surface area contributed by atoms with E-state index < -0.39 is 11.4 Å². The van der Waals surface area contributed by atoms with Crippen LogP contribution in [0.25, 0.3) is 10.4 Å². The van der Waals surface area contributed by atoms with Crippen molar-refractivity contribution < 1.29 is 14.7 Å². The van der Waals surface area contributed by atoms with Crippen LogP contribution in [0.4, 0.5) is 10.5 Å². The number of urea groups is 1. The van der Waals surface area contributed by atoms with E-state index in [0.29, 0.717) is 12.3 Å². The molecule has 2 heterocycles. The molecule has 6 nitrogen and oxygen atoms in total. The Morgan fingerprint density at radius 1 is 1.11 bits per heavy atom. The summed E-state index contributed by atoms with van der Waals surface area (Å²) in [6.45, 7) is 7.03. The number of benzene rings is 2. The lowest BCUT2D eigenvalue weighted by Crippen LogP contribution is -2.40. The Morgan fingerprint density at radius 3 is 2.40 bits per heavy atom. The van der Waals surface area contributed by atoms with Crippen LogP contribution in [-0.4, -0.2) is 40.1 Å². The Kier molecular flexibility index (Phi) is 7.55. The van der Waals surface area contributed by atoms with Gasteiger partial charge in [-0.1, -0.05) is 49.4 Å². The first-order chi connectivity index (χ1) is 16.7. The van der Waals surface area contributed by atoms with Gasteiger partial charge in [-0.05, 0) is 62.3 Å². The van der Waals surface area contributed by atoms with Gasteiger partial charge in [0.05, 0.1) is 15.3 Å². The topological polar surface area (TPSA) is 82.5 Å². The quantitative estimate of drug-likeness (QED) is 0.380. The van der Waals surface area contributed by atoms with Gasteiger partial charge in [0, 0.05) is 30.9 Å². The zero-order valence-corrected chi connectivity index (χ0v) is 21.3. The third-order valence-electron chi connectivity index (χ3n) is 6.81. The number of carbonyl (C=O) groups excluding carboxylic acids is 1. The molecule has 1 aliphatic heterocycles. The molecular weight excluding hydrogens is 458 g/mol. The van der Waals surface area contributed by atoms with Gasteiger partial charge < -0.3 is 15.3 Å². The van der Waals surface area contributed by atoms with Crippen LogP contribution in [0.5, 0.6) is 0 Å². The maximum absolute atomic E-state index is 12.8. The summed E-state index contributed by atoms with van der Waals surface area (Å²) in [5, 5.41) is 13.4. The minimum Gasteiger partial charge on any atom is -0.481 e. The number of nitrogens with zero attached hydrogens (tertiary/aromatic N) is 2. The Labute approximate surface area is 211 Å². The van der Waals surface area contributed by atoms with E-state index in [-0.39, 0.29) is 11.9 Å². The summed E-state index contributed by atoms with van der Waals surface area (Å²) in [7, 11) is 0. The predicted octanol–water partition coefficient (Wildman–Crippen LogP) is 6.83. The number of hydrogen-bond donors (Lipinski definition) is 2. The first-order valence-corrected chi connectivity index (χ1v) is 12.9. The number of hydrogen-bond acceptors (Lipinski definition) is 4. The van der Waals surface area contributed by atoms with Gasteiger partial charge in [-0.15, -0.1) is 11.3 Å². The molecule has 1 saturated heterocycles. The molecule has 0 spiro atoms. The lowest BCUT2D eigenvalue weighted by atomic mass is 9.84. The largest absolute Gasteiger partial charge is 0.481 e. The average molecular weight is 492 g/mol. The molecule has 1 aromatic heterocycles. The number of likely N-dealkylation sites (tertiary alicyclic amines) is 1. The molecular formula is C28H33N3O3S. The van der Waals surface area contributed by atoms with Crippen LogP contribution in [0, 0.1) is 5.41 Å². The molecule has 0 saturated carbocycles. The summed E-state index contributed by atoms with van der Waals surface area (Å²) in [6.07, 6.45) is 4.33. The summed E-state index contributed by atoms with van der Waals surface area (Å²) in [5.74, 6) is -0.217. The van der Waals surface area contributed by atoms with E-state index in [2.05, 4.69) is 34.6 Å². The zero-order valence-electron chi connectivity index (χ0n) is 20.5. The van der Waals surface area contributed by atoms with Gasteiger partial charge in [0.1, 0.15) is 0 Å². The number of carboxylic acid groups (broad SMARTS) is 1. The van der Waals surface area contributed by atoms with Gasteiger partial charge in [0.25, 0.3) is 0 Å². The molecule has 7 heteroatoms. The molecule has 1 aliphatic rings. The van der Waals surface area contributed by atoms with Gasteiger partial charge in [-0.3, -0.25) is 4.79 Å². The summed E-state index contributed by atoms with van der Waals surface area (Å²) < 4.78 is 0. The highest BCUT2D eigenvalue weighted by molar-refractivity contribution is 7.15. The van der Waals surface area contributed by atoms with Crippen LogP contribution in [0.1, 0.15) is 62.4 Å². The molecule has 184 valence electrons. The van der Waals surface area contributed by atoms with Crippen molar-refractivity contribution in [3.05, 3.63) is 71.4 Å². The molecule has 1 fully saturated rings. The highest BCUT2D eigenvalue weighted by atomic mass is 32.1. The van der Waals surface area contributed by atoms with Crippen LogP contribution < -0.4 is 5.32 Å². The highest BCUT2D eigenvalue weighted by Gasteiger charge is 2.30. The molecule has 35 heavy (non-hydrogen) atoms. The second-order valence-electron chi connectivity index (χ2n) is 10.0. The smallest absolute Gasteiger partial charge is 0.321 e. The fourth-order valence-corrected chi connectivity index (χ4v) is 5.63. The average Bonchev–Trinajstić information content (AvgIpc) is 3.35. The molecule has 3 aromatic rings. The molecule has 2 amide bonds. The molecule has 0 bridgehead atoms. The Bertz CT molecular complexity index is 1150. The summed E-state index contributed by atoms with van der Waals surface area (Å²) in [6, 6.07) is 18.3. The van der Waals surface area contributed by atoms with E-state index in [4.69, 9.17) is 0 Å². The van der Waals surface area contributed by atoms with Crippen LogP contribution in [0.2, 0.25) is 0 Å². The van der Waals surface area contributed by atoms with Crippen LogP contribution >= 0.6 is 11.3 Å². The summed E-state index contributed by atoms with van der Waals surface area (Å²) in [4.78, 5) is 31.7. The lowest BCUT2D eigenvalue weighted by Gasteiger charge is -2.32. The van der Waals surface area contributed by atoms with E-state index in [0.717, 1.165) is 47.1 Å². The van der Waals surface area contributed by atoms with Gasteiger partial charge in [-0.25, -0.2) is 9.78 Å². The Hall–Kier alpha value is -3.19. The van der Waals surface area contributed by atoms with Crippen LogP contribution in [0.3, 0.4) is 0 Å². The van der Waals surface area contributed by atoms with E-state index >= 15 is 0 Å². The summed E-state index contributed by atoms with van der Waals surface area (Å²) >= 11 is 1.59. The van der Waals surface area contributed by atoms with E-state index in [1.165, 1.54) is 5.56 Å². The molecule has 2 aromatic carbocycles. The van der Waals surface area contributed by atoms with Crippen molar-refractivity contribution in [1.82, 2.24) is 9.88 Å². The van der Waals surface area contributed by atoms with Crippen molar-refractivity contribution in [3.8, 4) is 10.4 Å². The maximum Gasteiger partial charge on any atom is 0.321 e. The number of aliphatic carboxylic acids is 1. The minimum absolute atomic E-state index is 0.0563. The molecule has 0 aliphatic carbocycles. The highest BCUT2D eigenvalue weighted by Crippen LogP contribution is 2.36. The third-order valence-corrected chi connectivity index (χ3v) is 8.09. The van der Waals surface area contributed by atoms with Crippen molar-refractivity contribution >= 4 is 29.0 Å². The van der Waals surface area contributed by atoms with Crippen LogP contribution in [-0.2, 0) is 4.79 Å². The van der Waals surface area contributed by atoms with Crippen molar-refractivity contribution in [2.75, 3.05) is 18.4 Å².